The van der Waals surface area contributed by atoms with Gasteiger partial charge in [0.1, 0.15) is 5.82 Å². The summed E-state index contributed by atoms with van der Waals surface area (Å²) in [7, 11) is 0. The van der Waals surface area contributed by atoms with E-state index in [2.05, 4.69) is 13.8 Å². The van der Waals surface area contributed by atoms with E-state index in [4.69, 9.17) is 0 Å². The molecule has 21 heavy (non-hydrogen) atoms. The van der Waals surface area contributed by atoms with Crippen molar-refractivity contribution in [1.29, 1.82) is 0 Å². The first-order chi connectivity index (χ1) is 10.1. The molecule has 0 spiro atoms. The largest absolute Gasteiger partial charge is 0.293 e. The van der Waals surface area contributed by atoms with Crippen LogP contribution in [-0.2, 0) is 6.42 Å². The van der Waals surface area contributed by atoms with Crippen LogP contribution in [0.4, 0.5) is 4.39 Å². The van der Waals surface area contributed by atoms with Crippen LogP contribution in [0.25, 0.3) is 0 Å². The predicted molar refractivity (Wildman–Crippen MR) is 86.4 cm³/mol. The van der Waals surface area contributed by atoms with Gasteiger partial charge in [0.2, 0.25) is 0 Å². The van der Waals surface area contributed by atoms with Crippen LogP contribution in [0.3, 0.4) is 0 Å². The van der Waals surface area contributed by atoms with E-state index in [0.29, 0.717) is 16.4 Å². The van der Waals surface area contributed by atoms with Gasteiger partial charge in [-0.3, -0.25) is 4.79 Å². The maximum atomic E-state index is 13.5. The zero-order chi connectivity index (χ0) is 15.2. The van der Waals surface area contributed by atoms with E-state index < -0.39 is 0 Å². The van der Waals surface area contributed by atoms with Gasteiger partial charge in [0.05, 0.1) is 5.75 Å². The van der Waals surface area contributed by atoms with Gasteiger partial charge in [-0.05, 0) is 36.1 Å². The highest BCUT2D eigenvalue weighted by molar-refractivity contribution is 8.00. The number of Topliss-reactive ketones (excluding diaryl/α,β-unsaturated/α-hetero) is 1. The van der Waals surface area contributed by atoms with Crippen LogP contribution < -0.4 is 0 Å². The number of carbonyl (C=O) groups is 1. The highest BCUT2D eigenvalue weighted by atomic mass is 32.2. The molecule has 0 aliphatic carbocycles. The van der Waals surface area contributed by atoms with Crippen molar-refractivity contribution >= 4 is 17.5 Å². The molecular formula is C18H19FOS. The fourth-order valence-corrected chi connectivity index (χ4v) is 2.97. The molecule has 0 heterocycles. The second-order valence-electron chi connectivity index (χ2n) is 5.44. The highest BCUT2D eigenvalue weighted by Crippen LogP contribution is 2.22. The molecule has 2 rings (SSSR count). The van der Waals surface area contributed by atoms with Crippen molar-refractivity contribution < 1.29 is 9.18 Å². The van der Waals surface area contributed by atoms with Gasteiger partial charge in [0, 0.05) is 10.5 Å². The van der Waals surface area contributed by atoms with Crippen LogP contribution in [0.2, 0.25) is 0 Å². The van der Waals surface area contributed by atoms with E-state index in [9.17, 15) is 9.18 Å². The van der Waals surface area contributed by atoms with Crippen LogP contribution in [0.5, 0.6) is 0 Å². The predicted octanol–water partition coefficient (Wildman–Crippen LogP) is 5.00. The molecule has 0 fully saturated rings. The fourth-order valence-electron chi connectivity index (χ4n) is 2.13. The molecule has 0 amide bonds. The average molecular weight is 302 g/mol. The van der Waals surface area contributed by atoms with E-state index in [1.165, 1.54) is 23.4 Å². The molecular weight excluding hydrogens is 283 g/mol. The van der Waals surface area contributed by atoms with Gasteiger partial charge in [-0.1, -0.05) is 44.2 Å². The number of hydrogen-bond donors (Lipinski definition) is 0. The lowest BCUT2D eigenvalue weighted by molar-refractivity contribution is 0.102. The summed E-state index contributed by atoms with van der Waals surface area (Å²) in [6.07, 6.45) is 0.960. The molecule has 0 saturated heterocycles. The van der Waals surface area contributed by atoms with Gasteiger partial charge in [-0.15, -0.1) is 11.8 Å². The lowest BCUT2D eigenvalue weighted by Gasteiger charge is -2.07. The van der Waals surface area contributed by atoms with E-state index in [0.717, 1.165) is 6.42 Å². The molecule has 0 unspecified atom stereocenters. The summed E-state index contributed by atoms with van der Waals surface area (Å²) in [5.41, 5.74) is 1.88. The minimum Gasteiger partial charge on any atom is -0.293 e. The summed E-state index contributed by atoms with van der Waals surface area (Å²) in [5, 5.41) is 0. The Kier molecular flexibility index (Phi) is 5.57. The number of carbonyl (C=O) groups excluding carboxylic acids is 1. The number of benzene rings is 2. The Labute approximate surface area is 129 Å². The molecule has 3 heteroatoms. The lowest BCUT2D eigenvalue weighted by atomic mass is 10.00. The van der Waals surface area contributed by atoms with E-state index in [1.54, 1.807) is 18.2 Å². The molecule has 0 radical (unpaired) electrons. The summed E-state index contributed by atoms with van der Waals surface area (Å²) in [5.74, 6) is 0.576. The fraction of sp³-hybridized carbons (Fsp3) is 0.278. The van der Waals surface area contributed by atoms with Crippen molar-refractivity contribution in [3.05, 3.63) is 65.5 Å². The third kappa shape index (κ3) is 4.71. The van der Waals surface area contributed by atoms with Crippen LogP contribution in [0.15, 0.2) is 53.4 Å². The molecule has 0 aliphatic heterocycles. The summed E-state index contributed by atoms with van der Waals surface area (Å²) in [4.78, 5) is 12.7. The number of hydrogen-bond acceptors (Lipinski definition) is 2. The molecule has 2 aromatic rings. The molecule has 0 bridgehead atoms. The molecule has 0 aromatic heterocycles. The number of rotatable bonds is 6. The van der Waals surface area contributed by atoms with Gasteiger partial charge in [0.25, 0.3) is 0 Å². The molecule has 2 aromatic carbocycles. The second-order valence-corrected chi connectivity index (χ2v) is 6.46. The van der Waals surface area contributed by atoms with Gasteiger partial charge in [0.15, 0.2) is 5.78 Å². The van der Waals surface area contributed by atoms with Crippen molar-refractivity contribution in [1.82, 2.24) is 0 Å². The summed E-state index contributed by atoms with van der Waals surface area (Å²) >= 11 is 1.25. The normalized spacial score (nSPS) is 10.9. The minimum absolute atomic E-state index is 0.0360. The molecule has 1 nitrogen and oxygen atoms in total. The smallest absolute Gasteiger partial charge is 0.173 e. The third-order valence-corrected chi connectivity index (χ3v) is 4.14. The van der Waals surface area contributed by atoms with Crippen LogP contribution in [0.1, 0.15) is 29.8 Å². The third-order valence-electron chi connectivity index (χ3n) is 3.09. The van der Waals surface area contributed by atoms with Crippen molar-refractivity contribution in [2.45, 2.75) is 25.2 Å². The quantitative estimate of drug-likeness (QED) is 0.552. The Balaban J connectivity index is 2.02. The molecule has 0 atom stereocenters. The number of ketones is 1. The Bertz CT molecular complexity index is 622. The van der Waals surface area contributed by atoms with Crippen LogP contribution in [-0.4, -0.2) is 11.5 Å². The maximum Gasteiger partial charge on any atom is 0.173 e. The first kappa shape index (κ1) is 15.8. The standard InChI is InChI=1S/C18H19FOS/c1-13(2)10-14-6-5-7-15(11-14)17(20)12-21-18-9-4-3-8-16(18)19/h3-9,11,13H,10,12H2,1-2H3. The zero-order valence-corrected chi connectivity index (χ0v) is 13.1. The van der Waals surface area contributed by atoms with Gasteiger partial charge in [-0.25, -0.2) is 4.39 Å². The van der Waals surface area contributed by atoms with Gasteiger partial charge >= 0.3 is 0 Å². The first-order valence-electron chi connectivity index (χ1n) is 7.05. The second kappa shape index (κ2) is 7.41. The Hall–Kier alpha value is -1.61. The zero-order valence-electron chi connectivity index (χ0n) is 12.3. The Morgan fingerprint density at radius 1 is 1.14 bits per heavy atom. The minimum atomic E-state index is -0.274. The van der Waals surface area contributed by atoms with Gasteiger partial charge in [-0.2, -0.15) is 0 Å². The summed E-state index contributed by atoms with van der Waals surface area (Å²) in [6.45, 7) is 4.31. The van der Waals surface area contributed by atoms with Gasteiger partial charge < -0.3 is 0 Å². The molecule has 0 saturated carbocycles. The first-order valence-corrected chi connectivity index (χ1v) is 8.04. The molecule has 0 aliphatic rings. The number of halogens is 1. The maximum absolute atomic E-state index is 13.5. The van der Waals surface area contributed by atoms with Crippen LogP contribution in [0, 0.1) is 11.7 Å². The van der Waals surface area contributed by atoms with Crippen molar-refractivity contribution in [2.24, 2.45) is 5.92 Å². The monoisotopic (exact) mass is 302 g/mol. The summed E-state index contributed by atoms with van der Waals surface area (Å²) < 4.78 is 13.5. The van der Waals surface area contributed by atoms with Crippen molar-refractivity contribution in [2.75, 3.05) is 5.75 Å². The Morgan fingerprint density at radius 2 is 1.90 bits per heavy atom. The Morgan fingerprint density at radius 3 is 2.62 bits per heavy atom. The molecule has 110 valence electrons. The summed E-state index contributed by atoms with van der Waals surface area (Å²) in [6, 6.07) is 14.3. The average Bonchev–Trinajstić information content (AvgIpc) is 2.45. The SMILES string of the molecule is CC(C)Cc1cccc(C(=O)CSc2ccccc2F)c1. The van der Waals surface area contributed by atoms with Crippen LogP contribution >= 0.6 is 11.8 Å². The van der Waals surface area contributed by atoms with E-state index in [-0.39, 0.29) is 17.4 Å². The van der Waals surface area contributed by atoms with Crippen molar-refractivity contribution in [3.8, 4) is 0 Å². The highest BCUT2D eigenvalue weighted by Gasteiger charge is 2.10. The lowest BCUT2D eigenvalue weighted by Crippen LogP contribution is -2.04. The molecule has 0 N–H and O–H groups in total. The van der Waals surface area contributed by atoms with E-state index >= 15 is 0 Å². The van der Waals surface area contributed by atoms with E-state index in [1.807, 2.05) is 24.3 Å². The number of thioether (sulfide) groups is 1. The van der Waals surface area contributed by atoms with Crippen molar-refractivity contribution in [3.63, 3.8) is 0 Å². The topological polar surface area (TPSA) is 17.1 Å².